The molecule has 0 saturated heterocycles. The van der Waals surface area contributed by atoms with E-state index in [9.17, 15) is 22.8 Å². The second-order valence-electron chi connectivity index (χ2n) is 13.5. The van der Waals surface area contributed by atoms with Crippen LogP contribution in [0.25, 0.3) is 0 Å². The van der Waals surface area contributed by atoms with E-state index >= 15 is 0 Å². The van der Waals surface area contributed by atoms with Gasteiger partial charge in [0.15, 0.2) is 0 Å². The number of likely N-dealkylation sites (N-methyl/N-ethyl adjacent to an activating group) is 2. The van der Waals surface area contributed by atoms with Gasteiger partial charge in [0.25, 0.3) is 5.91 Å². The fraction of sp³-hybridized carbons (Fsp3) is 0.500. The maximum Gasteiger partial charge on any atom is 0.260 e. The molecule has 0 spiro atoms. The van der Waals surface area contributed by atoms with E-state index in [2.05, 4.69) is 31.3 Å². The summed E-state index contributed by atoms with van der Waals surface area (Å²) in [6.07, 6.45) is 1.60. The number of sulfonamides is 1. The first-order valence-electron chi connectivity index (χ1n) is 15.0. The van der Waals surface area contributed by atoms with Crippen LogP contribution in [-0.4, -0.2) is 63.3 Å². The summed E-state index contributed by atoms with van der Waals surface area (Å²) in [4.78, 5) is 42.4. The molecule has 9 nitrogen and oxygen atoms in total. The average molecular weight is 706 g/mol. The second kappa shape index (κ2) is 15.5. The van der Waals surface area contributed by atoms with Crippen molar-refractivity contribution in [1.29, 1.82) is 0 Å². The SMILES string of the molecule is CN[C@H](C(=O)NC(C(=O)N(C)[C@H](/C=C(\C)C(=O)NS(=O)(=O)Cc1ccccc1)C(C)C)C(C)(C)C)C(C)(C)c1ccc(Br)cc1. The first kappa shape index (κ1) is 38.2. The third-order valence-corrected chi connectivity index (χ3v) is 9.70. The van der Waals surface area contributed by atoms with E-state index < -0.39 is 44.9 Å². The second-order valence-corrected chi connectivity index (χ2v) is 16.1. The van der Waals surface area contributed by atoms with E-state index in [1.54, 1.807) is 50.5 Å². The summed E-state index contributed by atoms with van der Waals surface area (Å²) >= 11 is 3.46. The summed E-state index contributed by atoms with van der Waals surface area (Å²) in [6.45, 7) is 14.9. The molecule has 3 N–H and O–H groups in total. The Hall–Kier alpha value is -3.02. The van der Waals surface area contributed by atoms with E-state index in [-0.39, 0.29) is 29.1 Å². The van der Waals surface area contributed by atoms with Crippen LogP contribution in [0.5, 0.6) is 0 Å². The molecule has 45 heavy (non-hydrogen) atoms. The Morgan fingerprint density at radius 3 is 1.98 bits per heavy atom. The number of carbonyl (C=O) groups is 3. The third-order valence-electron chi connectivity index (χ3n) is 7.96. The Kier molecular flexibility index (Phi) is 13.2. The van der Waals surface area contributed by atoms with Gasteiger partial charge in [0.05, 0.1) is 17.8 Å². The van der Waals surface area contributed by atoms with Gasteiger partial charge in [0.1, 0.15) is 6.04 Å². The Bertz CT molecular complexity index is 1470. The van der Waals surface area contributed by atoms with Gasteiger partial charge in [-0.2, -0.15) is 0 Å². The van der Waals surface area contributed by atoms with Crippen molar-refractivity contribution in [3.63, 3.8) is 0 Å². The molecular weight excluding hydrogens is 656 g/mol. The Labute approximate surface area is 277 Å². The lowest BCUT2D eigenvalue weighted by Gasteiger charge is -2.40. The Morgan fingerprint density at radius 1 is 0.933 bits per heavy atom. The fourth-order valence-corrected chi connectivity index (χ4v) is 6.64. The van der Waals surface area contributed by atoms with Gasteiger partial charge in [0, 0.05) is 22.5 Å². The van der Waals surface area contributed by atoms with Crippen molar-refractivity contribution < 1.29 is 22.8 Å². The van der Waals surface area contributed by atoms with Gasteiger partial charge in [-0.15, -0.1) is 0 Å². The average Bonchev–Trinajstić information content (AvgIpc) is 2.93. The maximum atomic E-state index is 14.1. The Balaban J connectivity index is 2.30. The lowest BCUT2D eigenvalue weighted by molar-refractivity contribution is -0.140. The molecule has 3 atom stereocenters. The molecule has 0 aliphatic carbocycles. The van der Waals surface area contributed by atoms with Crippen LogP contribution in [0.1, 0.15) is 66.5 Å². The number of hydrogen-bond donors (Lipinski definition) is 3. The zero-order valence-electron chi connectivity index (χ0n) is 28.1. The van der Waals surface area contributed by atoms with Gasteiger partial charge in [-0.1, -0.05) is 113 Å². The third kappa shape index (κ3) is 10.5. The van der Waals surface area contributed by atoms with Crippen LogP contribution >= 0.6 is 15.9 Å². The van der Waals surface area contributed by atoms with Crippen molar-refractivity contribution in [2.45, 2.75) is 84.7 Å². The minimum absolute atomic E-state index is 0.125. The van der Waals surface area contributed by atoms with Crippen LogP contribution in [0.15, 0.2) is 70.7 Å². The number of nitrogens with zero attached hydrogens (tertiary/aromatic N) is 1. The highest BCUT2D eigenvalue weighted by Crippen LogP contribution is 2.30. The van der Waals surface area contributed by atoms with E-state index in [1.807, 2.05) is 72.7 Å². The molecule has 0 aromatic heterocycles. The zero-order chi connectivity index (χ0) is 34.3. The van der Waals surface area contributed by atoms with Crippen LogP contribution in [0.4, 0.5) is 0 Å². The summed E-state index contributed by atoms with van der Waals surface area (Å²) < 4.78 is 28.4. The van der Waals surface area contributed by atoms with Crippen molar-refractivity contribution in [1.82, 2.24) is 20.3 Å². The lowest BCUT2D eigenvalue weighted by atomic mass is 9.76. The molecule has 2 rings (SSSR count). The molecule has 11 heteroatoms. The summed E-state index contributed by atoms with van der Waals surface area (Å²) in [5.41, 5.74) is 0.421. The number of amides is 3. The summed E-state index contributed by atoms with van der Waals surface area (Å²) in [5, 5.41) is 6.16. The topological polar surface area (TPSA) is 125 Å². The van der Waals surface area contributed by atoms with Crippen LogP contribution in [0.2, 0.25) is 0 Å². The van der Waals surface area contributed by atoms with Gasteiger partial charge in [-0.3, -0.25) is 14.4 Å². The largest absolute Gasteiger partial charge is 0.342 e. The highest BCUT2D eigenvalue weighted by Gasteiger charge is 2.41. The molecule has 0 aliphatic heterocycles. The van der Waals surface area contributed by atoms with Crippen molar-refractivity contribution in [2.75, 3.05) is 14.1 Å². The standard InChI is InChI=1S/C34H49BrN4O5S/c1-22(2)27(20-23(3)30(40)38-45(43,44)21-24-14-12-11-13-15-24)39(10)32(42)29(33(4,5)6)37-31(41)28(36-9)34(7,8)25-16-18-26(35)19-17-25/h11-20,22,27-29,36H,21H2,1-10H3,(H,37,41)(H,38,40)/b23-20+/t27-,28-,29?/m1/s1. The molecule has 0 radical (unpaired) electrons. The summed E-state index contributed by atoms with van der Waals surface area (Å²) in [5.74, 6) is -1.86. The number of hydrogen-bond acceptors (Lipinski definition) is 6. The number of rotatable bonds is 13. The molecule has 0 fully saturated rings. The highest BCUT2D eigenvalue weighted by atomic mass is 79.9. The molecular formula is C34H49BrN4O5S. The molecule has 2 aromatic carbocycles. The normalized spacial score (nSPS) is 14.8. The smallest absolute Gasteiger partial charge is 0.260 e. The van der Waals surface area contributed by atoms with Crippen LogP contribution in [0, 0.1) is 11.3 Å². The molecule has 0 aliphatic rings. The molecule has 248 valence electrons. The van der Waals surface area contributed by atoms with Gasteiger partial charge >= 0.3 is 0 Å². The van der Waals surface area contributed by atoms with Gasteiger partial charge < -0.3 is 15.5 Å². The number of carbonyl (C=O) groups excluding carboxylic acids is 3. The zero-order valence-corrected chi connectivity index (χ0v) is 30.5. The van der Waals surface area contributed by atoms with Crippen molar-refractivity contribution >= 4 is 43.7 Å². The quantitative estimate of drug-likeness (QED) is 0.254. The molecule has 1 unspecified atom stereocenters. The number of benzene rings is 2. The fourth-order valence-electron chi connectivity index (χ4n) is 5.23. The number of nitrogens with one attached hydrogen (secondary N) is 3. The first-order chi connectivity index (χ1) is 20.7. The lowest BCUT2D eigenvalue weighted by Crippen LogP contribution is -2.61. The molecule has 0 bridgehead atoms. The molecule has 3 amide bonds. The summed E-state index contributed by atoms with van der Waals surface area (Å²) in [6, 6.07) is 14.3. The van der Waals surface area contributed by atoms with Gasteiger partial charge in [0.2, 0.25) is 21.8 Å². The van der Waals surface area contributed by atoms with E-state index in [1.165, 1.54) is 11.8 Å². The van der Waals surface area contributed by atoms with E-state index in [0.717, 1.165) is 10.0 Å². The van der Waals surface area contributed by atoms with Crippen LogP contribution in [-0.2, 0) is 35.6 Å². The minimum atomic E-state index is -3.94. The maximum absolute atomic E-state index is 14.1. The summed E-state index contributed by atoms with van der Waals surface area (Å²) in [7, 11) is -0.587. The monoisotopic (exact) mass is 704 g/mol. The van der Waals surface area contributed by atoms with Crippen LogP contribution < -0.4 is 15.4 Å². The Morgan fingerprint density at radius 2 is 1.49 bits per heavy atom. The van der Waals surface area contributed by atoms with Crippen molar-refractivity contribution in [3.05, 3.63) is 81.8 Å². The predicted octanol–water partition coefficient (Wildman–Crippen LogP) is 4.92. The minimum Gasteiger partial charge on any atom is -0.342 e. The number of halogens is 1. The van der Waals surface area contributed by atoms with Crippen molar-refractivity contribution in [2.24, 2.45) is 11.3 Å². The van der Waals surface area contributed by atoms with E-state index in [4.69, 9.17) is 0 Å². The highest BCUT2D eigenvalue weighted by molar-refractivity contribution is 9.10. The predicted molar refractivity (Wildman–Crippen MR) is 184 cm³/mol. The van der Waals surface area contributed by atoms with Crippen LogP contribution in [0.3, 0.4) is 0 Å². The van der Waals surface area contributed by atoms with Crippen molar-refractivity contribution in [3.8, 4) is 0 Å². The molecule has 0 saturated carbocycles. The van der Waals surface area contributed by atoms with Gasteiger partial charge in [-0.25, -0.2) is 13.1 Å². The molecule has 2 aromatic rings. The molecule has 0 heterocycles. The van der Waals surface area contributed by atoms with Gasteiger partial charge in [-0.05, 0) is 48.6 Å². The first-order valence-corrected chi connectivity index (χ1v) is 17.4. The van der Waals surface area contributed by atoms with E-state index in [0.29, 0.717) is 5.56 Å².